The van der Waals surface area contributed by atoms with Gasteiger partial charge in [-0.05, 0) is 51.2 Å². The number of likely N-dealkylation sites (tertiary alicyclic amines) is 1. The molecule has 0 radical (unpaired) electrons. The molecular weight excluding hydrogens is 378 g/mol. The minimum absolute atomic E-state index is 0.150. The molecule has 0 aliphatic carbocycles. The summed E-state index contributed by atoms with van der Waals surface area (Å²) in [6.45, 7) is 7.67. The highest BCUT2D eigenvalue weighted by molar-refractivity contribution is 5.68. The molecule has 1 atom stereocenters. The van der Waals surface area contributed by atoms with Crippen molar-refractivity contribution in [3.05, 3.63) is 47.7 Å². The van der Waals surface area contributed by atoms with Crippen LogP contribution in [0.3, 0.4) is 0 Å². The zero-order valence-electron chi connectivity index (χ0n) is 18.1. The second-order valence-electron chi connectivity index (χ2n) is 9.24. The molecule has 30 heavy (non-hydrogen) atoms. The zero-order valence-corrected chi connectivity index (χ0v) is 18.1. The van der Waals surface area contributed by atoms with E-state index in [0.717, 1.165) is 41.8 Å². The first-order chi connectivity index (χ1) is 14.3. The van der Waals surface area contributed by atoms with Crippen molar-refractivity contribution in [1.82, 2.24) is 9.88 Å². The summed E-state index contributed by atoms with van der Waals surface area (Å²) in [5, 5.41) is 0. The van der Waals surface area contributed by atoms with Gasteiger partial charge in [0.15, 0.2) is 0 Å². The maximum Gasteiger partial charge on any atom is 0.410 e. The first-order valence-electron chi connectivity index (χ1n) is 10.8. The summed E-state index contributed by atoms with van der Waals surface area (Å²) < 4.78 is 11.7. The van der Waals surface area contributed by atoms with E-state index in [0.29, 0.717) is 25.6 Å². The van der Waals surface area contributed by atoms with E-state index in [-0.39, 0.29) is 12.2 Å². The molecule has 1 saturated heterocycles. The van der Waals surface area contributed by atoms with E-state index in [1.807, 2.05) is 44.0 Å². The molecular formula is C24H31N3O3. The van der Waals surface area contributed by atoms with Crippen LogP contribution in [0.4, 0.5) is 4.79 Å². The number of carbonyl (C=O) groups excluding carboxylic acids is 1. The van der Waals surface area contributed by atoms with Crippen molar-refractivity contribution in [2.45, 2.75) is 58.3 Å². The number of ether oxygens (including phenoxy) is 2. The Labute approximate surface area is 178 Å². The molecule has 1 amide bonds. The summed E-state index contributed by atoms with van der Waals surface area (Å²) in [4.78, 5) is 18.7. The molecule has 4 rings (SSSR count). The average molecular weight is 410 g/mol. The molecule has 0 spiro atoms. The summed E-state index contributed by atoms with van der Waals surface area (Å²) >= 11 is 0. The quantitative estimate of drug-likeness (QED) is 0.824. The number of nitrogens with zero attached hydrogens (tertiary/aromatic N) is 2. The Kier molecular flexibility index (Phi) is 5.69. The van der Waals surface area contributed by atoms with Crippen LogP contribution < -0.4 is 10.5 Å². The van der Waals surface area contributed by atoms with Gasteiger partial charge in [0.2, 0.25) is 0 Å². The van der Waals surface area contributed by atoms with Crippen LogP contribution in [0.15, 0.2) is 36.5 Å². The van der Waals surface area contributed by atoms with Gasteiger partial charge in [0, 0.05) is 37.2 Å². The normalized spacial score (nSPS) is 19.3. The van der Waals surface area contributed by atoms with Crippen LogP contribution in [0.25, 0.3) is 11.3 Å². The Hall–Kier alpha value is -2.60. The van der Waals surface area contributed by atoms with E-state index in [4.69, 9.17) is 15.2 Å². The van der Waals surface area contributed by atoms with Gasteiger partial charge in [0.25, 0.3) is 0 Å². The van der Waals surface area contributed by atoms with Crippen LogP contribution in [0, 0.1) is 5.92 Å². The van der Waals surface area contributed by atoms with Gasteiger partial charge in [-0.3, -0.25) is 4.98 Å². The Morgan fingerprint density at radius 3 is 2.57 bits per heavy atom. The number of carbonyl (C=O) groups is 1. The third-order valence-electron chi connectivity index (χ3n) is 5.85. The molecule has 1 aromatic carbocycles. The Bertz CT molecular complexity index is 897. The number of hydrogen-bond donors (Lipinski definition) is 1. The number of piperidine rings is 1. The van der Waals surface area contributed by atoms with E-state index >= 15 is 0 Å². The van der Waals surface area contributed by atoms with Crippen LogP contribution in [-0.4, -0.2) is 40.8 Å². The Balaban J connectivity index is 1.36. The average Bonchev–Trinajstić information content (AvgIpc) is 3.16. The number of pyridine rings is 1. The van der Waals surface area contributed by atoms with Crippen LogP contribution >= 0.6 is 0 Å². The highest BCUT2D eigenvalue weighted by Gasteiger charge is 2.35. The molecule has 2 N–H and O–H groups in total. The predicted octanol–water partition coefficient (Wildman–Crippen LogP) is 4.16. The number of fused-ring (bicyclic) bond motifs is 1. The molecule has 0 saturated carbocycles. The van der Waals surface area contributed by atoms with Crippen molar-refractivity contribution >= 4 is 6.09 Å². The molecule has 6 heteroatoms. The summed E-state index contributed by atoms with van der Waals surface area (Å²) in [6, 6.07) is 10.4. The summed E-state index contributed by atoms with van der Waals surface area (Å²) in [5.74, 6) is 1.32. The first kappa shape index (κ1) is 20.7. The number of aromatic nitrogens is 1. The molecule has 6 nitrogen and oxygen atoms in total. The van der Waals surface area contributed by atoms with Crippen LogP contribution in [-0.2, 0) is 17.7 Å². The number of nitrogens with two attached hydrogens (primary N) is 1. The van der Waals surface area contributed by atoms with Crippen molar-refractivity contribution < 1.29 is 14.3 Å². The topological polar surface area (TPSA) is 77.7 Å². The largest absolute Gasteiger partial charge is 0.488 e. The standard InChI is InChI=1S/C24H31N3O3/c1-24(2,3)30-23(28)27-10-8-18(9-11-27)21-13-19-12-20(26-15-22(19)29-21)17-6-4-16(14-25)5-7-17/h4-7,12,15,18,21H,8-11,13-14,25H2,1-3H3. The molecule has 2 aliphatic heterocycles. The fourth-order valence-electron chi connectivity index (χ4n) is 4.18. The van der Waals surface area contributed by atoms with Crippen molar-refractivity contribution in [3.63, 3.8) is 0 Å². The van der Waals surface area contributed by atoms with Gasteiger partial charge < -0.3 is 20.1 Å². The minimum Gasteiger partial charge on any atom is -0.488 e. The monoisotopic (exact) mass is 409 g/mol. The van der Waals surface area contributed by atoms with Gasteiger partial charge in [-0.2, -0.15) is 0 Å². The van der Waals surface area contributed by atoms with E-state index in [9.17, 15) is 4.79 Å². The van der Waals surface area contributed by atoms with Crippen molar-refractivity contribution in [2.75, 3.05) is 13.1 Å². The maximum absolute atomic E-state index is 12.3. The SMILES string of the molecule is CC(C)(C)OC(=O)N1CCC(C2Cc3cc(-c4ccc(CN)cc4)ncc3O2)CC1. The summed E-state index contributed by atoms with van der Waals surface area (Å²) in [5.41, 5.74) is 9.60. The lowest BCUT2D eigenvalue weighted by Crippen LogP contribution is -2.44. The Morgan fingerprint density at radius 1 is 1.23 bits per heavy atom. The molecule has 1 unspecified atom stereocenters. The third-order valence-corrected chi connectivity index (χ3v) is 5.85. The van der Waals surface area contributed by atoms with Gasteiger partial charge in [-0.15, -0.1) is 0 Å². The highest BCUT2D eigenvalue weighted by Crippen LogP contribution is 2.36. The summed E-state index contributed by atoms with van der Waals surface area (Å²) in [7, 11) is 0. The number of hydrogen-bond acceptors (Lipinski definition) is 5. The fraction of sp³-hybridized carbons (Fsp3) is 0.500. The van der Waals surface area contributed by atoms with E-state index in [1.165, 1.54) is 5.56 Å². The van der Waals surface area contributed by atoms with Crippen LogP contribution in [0.5, 0.6) is 5.75 Å². The lowest BCUT2D eigenvalue weighted by atomic mass is 9.89. The summed E-state index contributed by atoms with van der Waals surface area (Å²) in [6.07, 6.45) is 4.53. The van der Waals surface area contributed by atoms with Gasteiger partial charge in [-0.1, -0.05) is 24.3 Å². The van der Waals surface area contributed by atoms with Gasteiger partial charge in [0.1, 0.15) is 17.5 Å². The Morgan fingerprint density at radius 2 is 1.93 bits per heavy atom. The van der Waals surface area contributed by atoms with Gasteiger partial charge in [-0.25, -0.2) is 4.79 Å². The van der Waals surface area contributed by atoms with Crippen molar-refractivity contribution in [3.8, 4) is 17.0 Å². The second kappa shape index (κ2) is 8.26. The minimum atomic E-state index is -0.459. The van der Waals surface area contributed by atoms with E-state index < -0.39 is 5.60 Å². The van der Waals surface area contributed by atoms with Crippen LogP contribution in [0.1, 0.15) is 44.7 Å². The fourth-order valence-corrected chi connectivity index (χ4v) is 4.18. The van der Waals surface area contributed by atoms with E-state index in [1.54, 1.807) is 0 Å². The highest BCUT2D eigenvalue weighted by atomic mass is 16.6. The third kappa shape index (κ3) is 4.59. The number of amides is 1. The molecule has 1 aromatic heterocycles. The lowest BCUT2D eigenvalue weighted by molar-refractivity contribution is 0.0123. The van der Waals surface area contributed by atoms with Gasteiger partial charge in [0.05, 0.1) is 11.9 Å². The number of benzene rings is 1. The number of rotatable bonds is 3. The van der Waals surface area contributed by atoms with Crippen molar-refractivity contribution in [2.24, 2.45) is 11.7 Å². The predicted molar refractivity (Wildman–Crippen MR) is 116 cm³/mol. The van der Waals surface area contributed by atoms with Crippen molar-refractivity contribution in [1.29, 1.82) is 0 Å². The second-order valence-corrected chi connectivity index (χ2v) is 9.24. The van der Waals surface area contributed by atoms with Gasteiger partial charge >= 0.3 is 6.09 Å². The van der Waals surface area contributed by atoms with E-state index in [2.05, 4.69) is 23.2 Å². The zero-order chi connectivity index (χ0) is 21.3. The van der Waals surface area contributed by atoms with Crippen LogP contribution in [0.2, 0.25) is 0 Å². The smallest absolute Gasteiger partial charge is 0.410 e. The molecule has 1 fully saturated rings. The molecule has 2 aliphatic rings. The molecule has 2 aromatic rings. The molecule has 3 heterocycles. The molecule has 0 bridgehead atoms. The maximum atomic E-state index is 12.3. The first-order valence-corrected chi connectivity index (χ1v) is 10.8. The lowest BCUT2D eigenvalue weighted by Gasteiger charge is -2.35. The molecule has 160 valence electrons.